The molecule has 0 atom stereocenters. The monoisotopic (exact) mass is 165 g/mol. The summed E-state index contributed by atoms with van der Waals surface area (Å²) in [6.45, 7) is 1.94. The van der Waals surface area contributed by atoms with Gasteiger partial charge in [-0.25, -0.2) is 4.98 Å². The van der Waals surface area contributed by atoms with Gasteiger partial charge in [0.25, 0.3) is 0 Å². The zero-order valence-corrected chi connectivity index (χ0v) is 7.20. The molecule has 0 spiro atoms. The van der Waals surface area contributed by atoms with E-state index in [1.54, 1.807) is 6.07 Å². The number of Topliss-reactive ketones (excluding diaryl/α,β-unsaturated/α-hetero) is 1. The van der Waals surface area contributed by atoms with Crippen LogP contribution in [0.3, 0.4) is 0 Å². The Morgan fingerprint density at radius 3 is 2.92 bits per heavy atom. The van der Waals surface area contributed by atoms with Gasteiger partial charge in [0, 0.05) is 12.8 Å². The van der Waals surface area contributed by atoms with Crippen molar-refractivity contribution >= 4 is 5.78 Å². The summed E-state index contributed by atoms with van der Waals surface area (Å²) in [5.74, 6) is -0.0822. The summed E-state index contributed by atoms with van der Waals surface area (Å²) in [5, 5.41) is 0. The molecule has 0 aliphatic carbocycles. The third-order valence-corrected chi connectivity index (χ3v) is 1.45. The van der Waals surface area contributed by atoms with Crippen molar-refractivity contribution in [2.45, 2.75) is 6.92 Å². The number of pyridine rings is 1. The maximum Gasteiger partial charge on any atom is 0.206 e. The Balaban J connectivity index is 2.81. The first-order chi connectivity index (χ1) is 5.74. The van der Waals surface area contributed by atoms with Gasteiger partial charge in [0.05, 0.1) is 0 Å². The molecule has 0 aliphatic rings. The maximum atomic E-state index is 11.2. The van der Waals surface area contributed by atoms with Gasteiger partial charge in [-0.3, -0.25) is 4.79 Å². The molecule has 1 aromatic rings. The molecule has 0 aromatic carbocycles. The lowest BCUT2D eigenvalue weighted by molar-refractivity contribution is 0.0842. The molecule has 0 unspecified atom stereocenters. The fourth-order valence-electron chi connectivity index (χ4n) is 0.903. The van der Waals surface area contributed by atoms with Crippen LogP contribution in [0.2, 0.25) is 0 Å². The molecule has 0 amide bonds. The SMILES string of the molecule is COCC(=O)c1cccc(C)n1. The number of hydrogen-bond acceptors (Lipinski definition) is 3. The molecule has 0 aliphatic heterocycles. The Hall–Kier alpha value is -1.22. The number of methoxy groups -OCH3 is 1. The Bertz CT molecular complexity index is 284. The fraction of sp³-hybridized carbons (Fsp3) is 0.333. The molecule has 0 N–H and O–H groups in total. The molecule has 0 radical (unpaired) electrons. The van der Waals surface area contributed by atoms with Gasteiger partial charge in [0.2, 0.25) is 5.78 Å². The van der Waals surface area contributed by atoms with Crippen molar-refractivity contribution in [3.05, 3.63) is 29.6 Å². The molecule has 12 heavy (non-hydrogen) atoms. The van der Waals surface area contributed by atoms with E-state index in [0.29, 0.717) is 5.69 Å². The summed E-state index contributed by atoms with van der Waals surface area (Å²) in [5.41, 5.74) is 1.31. The van der Waals surface area contributed by atoms with Gasteiger partial charge >= 0.3 is 0 Å². The highest BCUT2D eigenvalue weighted by Gasteiger charge is 2.05. The van der Waals surface area contributed by atoms with Crippen molar-refractivity contribution in [2.75, 3.05) is 13.7 Å². The largest absolute Gasteiger partial charge is 0.376 e. The highest BCUT2D eigenvalue weighted by Crippen LogP contribution is 1.99. The van der Waals surface area contributed by atoms with E-state index in [1.165, 1.54) is 7.11 Å². The second kappa shape index (κ2) is 3.97. The predicted molar refractivity (Wildman–Crippen MR) is 45.2 cm³/mol. The topological polar surface area (TPSA) is 39.2 Å². The molecule has 3 heteroatoms. The quantitative estimate of drug-likeness (QED) is 0.632. The van der Waals surface area contributed by atoms with Gasteiger partial charge in [0.1, 0.15) is 12.3 Å². The van der Waals surface area contributed by atoms with Gasteiger partial charge in [0.15, 0.2) is 0 Å². The van der Waals surface area contributed by atoms with E-state index in [9.17, 15) is 4.79 Å². The number of ketones is 1. The Morgan fingerprint density at radius 1 is 1.58 bits per heavy atom. The van der Waals surface area contributed by atoms with E-state index in [-0.39, 0.29) is 12.4 Å². The number of rotatable bonds is 3. The highest BCUT2D eigenvalue weighted by atomic mass is 16.5. The molecular formula is C9H11NO2. The summed E-state index contributed by atoms with van der Waals surface area (Å²) >= 11 is 0. The number of carbonyl (C=O) groups is 1. The van der Waals surface area contributed by atoms with Crippen LogP contribution in [-0.2, 0) is 4.74 Å². The molecule has 64 valence electrons. The van der Waals surface area contributed by atoms with Crippen LogP contribution in [-0.4, -0.2) is 24.5 Å². The van der Waals surface area contributed by atoms with Crippen LogP contribution in [0.1, 0.15) is 16.2 Å². The van der Waals surface area contributed by atoms with E-state index in [1.807, 2.05) is 19.1 Å². The smallest absolute Gasteiger partial charge is 0.206 e. The molecular weight excluding hydrogens is 154 g/mol. The Morgan fingerprint density at radius 2 is 2.33 bits per heavy atom. The van der Waals surface area contributed by atoms with E-state index >= 15 is 0 Å². The first-order valence-electron chi connectivity index (χ1n) is 3.70. The van der Waals surface area contributed by atoms with Crippen LogP contribution < -0.4 is 0 Å². The van der Waals surface area contributed by atoms with Crippen LogP contribution in [0.15, 0.2) is 18.2 Å². The average molecular weight is 165 g/mol. The molecule has 1 heterocycles. The number of aryl methyl sites for hydroxylation is 1. The lowest BCUT2D eigenvalue weighted by atomic mass is 10.2. The van der Waals surface area contributed by atoms with Crippen LogP contribution in [0.5, 0.6) is 0 Å². The van der Waals surface area contributed by atoms with E-state index in [0.717, 1.165) is 5.69 Å². The first-order valence-corrected chi connectivity index (χ1v) is 3.70. The molecule has 0 saturated carbocycles. The second-order valence-corrected chi connectivity index (χ2v) is 2.52. The summed E-state index contributed by atoms with van der Waals surface area (Å²) in [6.07, 6.45) is 0. The molecule has 1 aromatic heterocycles. The molecule has 0 saturated heterocycles. The van der Waals surface area contributed by atoms with Crippen molar-refractivity contribution in [3.63, 3.8) is 0 Å². The van der Waals surface area contributed by atoms with Crippen molar-refractivity contribution in [1.82, 2.24) is 4.98 Å². The lowest BCUT2D eigenvalue weighted by Crippen LogP contribution is -2.09. The molecule has 3 nitrogen and oxygen atoms in total. The van der Waals surface area contributed by atoms with Gasteiger partial charge in [-0.05, 0) is 19.1 Å². The number of aromatic nitrogens is 1. The first kappa shape index (κ1) is 8.87. The van der Waals surface area contributed by atoms with Crippen LogP contribution in [0, 0.1) is 6.92 Å². The van der Waals surface area contributed by atoms with E-state index in [2.05, 4.69) is 4.98 Å². The Kier molecular flexibility index (Phi) is 2.94. The van der Waals surface area contributed by atoms with Gasteiger partial charge < -0.3 is 4.74 Å². The number of ether oxygens (including phenoxy) is 1. The standard InChI is InChI=1S/C9H11NO2/c1-7-4-3-5-8(10-7)9(11)6-12-2/h3-5H,6H2,1-2H3. The van der Waals surface area contributed by atoms with Gasteiger partial charge in [-0.1, -0.05) is 6.07 Å². The van der Waals surface area contributed by atoms with Crippen LogP contribution in [0.4, 0.5) is 0 Å². The molecule has 0 fully saturated rings. The van der Waals surface area contributed by atoms with Gasteiger partial charge in [-0.2, -0.15) is 0 Å². The third-order valence-electron chi connectivity index (χ3n) is 1.45. The summed E-state index contributed by atoms with van der Waals surface area (Å²) in [6, 6.07) is 5.35. The van der Waals surface area contributed by atoms with E-state index < -0.39 is 0 Å². The fourth-order valence-corrected chi connectivity index (χ4v) is 0.903. The second-order valence-electron chi connectivity index (χ2n) is 2.52. The summed E-state index contributed by atoms with van der Waals surface area (Å²) < 4.78 is 4.71. The average Bonchev–Trinajstić information content (AvgIpc) is 2.05. The van der Waals surface area contributed by atoms with Gasteiger partial charge in [-0.15, -0.1) is 0 Å². The third kappa shape index (κ3) is 2.13. The zero-order valence-electron chi connectivity index (χ0n) is 7.20. The van der Waals surface area contributed by atoms with Crippen molar-refractivity contribution in [3.8, 4) is 0 Å². The minimum Gasteiger partial charge on any atom is -0.376 e. The Labute approximate surface area is 71.4 Å². The predicted octanol–water partition coefficient (Wildman–Crippen LogP) is 1.22. The number of nitrogens with zero attached hydrogens (tertiary/aromatic N) is 1. The number of carbonyl (C=O) groups excluding carboxylic acids is 1. The highest BCUT2D eigenvalue weighted by molar-refractivity contribution is 5.95. The minimum atomic E-state index is -0.0822. The van der Waals surface area contributed by atoms with Crippen LogP contribution in [0.25, 0.3) is 0 Å². The lowest BCUT2D eigenvalue weighted by Gasteiger charge is -1.98. The molecule has 0 bridgehead atoms. The minimum absolute atomic E-state index is 0.0822. The van der Waals surface area contributed by atoms with Crippen molar-refractivity contribution in [2.24, 2.45) is 0 Å². The summed E-state index contributed by atoms with van der Waals surface area (Å²) in [4.78, 5) is 15.3. The molecule has 1 rings (SSSR count). The number of hydrogen-bond donors (Lipinski definition) is 0. The maximum absolute atomic E-state index is 11.2. The normalized spacial score (nSPS) is 9.83. The van der Waals surface area contributed by atoms with E-state index in [4.69, 9.17) is 4.74 Å². The van der Waals surface area contributed by atoms with Crippen molar-refractivity contribution in [1.29, 1.82) is 0 Å². The zero-order chi connectivity index (χ0) is 8.97. The van der Waals surface area contributed by atoms with Crippen LogP contribution >= 0.6 is 0 Å². The van der Waals surface area contributed by atoms with Crippen molar-refractivity contribution < 1.29 is 9.53 Å². The summed E-state index contributed by atoms with van der Waals surface area (Å²) in [7, 11) is 1.49.